The van der Waals surface area contributed by atoms with E-state index >= 15 is 0 Å². The number of aromatic amines is 1. The second kappa shape index (κ2) is 6.63. The van der Waals surface area contributed by atoms with Crippen molar-refractivity contribution in [1.82, 2.24) is 15.0 Å². The van der Waals surface area contributed by atoms with Crippen molar-refractivity contribution in [3.8, 4) is 5.88 Å². The Bertz CT molecular complexity index is 704. The Labute approximate surface area is 141 Å². The number of aryl methyl sites for hydroxylation is 1. The molecule has 0 aliphatic heterocycles. The van der Waals surface area contributed by atoms with Gasteiger partial charge in [-0.2, -0.15) is 0 Å². The third-order valence-electron chi connectivity index (χ3n) is 4.95. The van der Waals surface area contributed by atoms with E-state index in [-0.39, 0.29) is 11.8 Å². The van der Waals surface area contributed by atoms with Gasteiger partial charge in [0.15, 0.2) is 0 Å². The number of carbonyl (C=O) groups is 1. The van der Waals surface area contributed by atoms with Crippen molar-refractivity contribution in [3.63, 3.8) is 0 Å². The minimum Gasteiger partial charge on any atom is -0.474 e. The predicted molar refractivity (Wildman–Crippen MR) is 89.9 cm³/mol. The zero-order valence-corrected chi connectivity index (χ0v) is 13.6. The molecule has 6 heteroatoms. The number of rotatable bonds is 4. The second-order valence-electron chi connectivity index (χ2n) is 6.67. The van der Waals surface area contributed by atoms with Gasteiger partial charge in [-0.1, -0.05) is 0 Å². The summed E-state index contributed by atoms with van der Waals surface area (Å²) in [5, 5.41) is 2.96. The first-order valence-corrected chi connectivity index (χ1v) is 8.72. The van der Waals surface area contributed by atoms with E-state index in [0.29, 0.717) is 17.7 Å². The Balaban J connectivity index is 1.34. The number of hydrogen-bond acceptors (Lipinski definition) is 4. The van der Waals surface area contributed by atoms with Gasteiger partial charge >= 0.3 is 0 Å². The molecule has 1 fully saturated rings. The van der Waals surface area contributed by atoms with Crippen molar-refractivity contribution >= 4 is 11.6 Å². The van der Waals surface area contributed by atoms with E-state index in [1.165, 1.54) is 12.8 Å². The van der Waals surface area contributed by atoms with Gasteiger partial charge in [0.2, 0.25) is 11.8 Å². The van der Waals surface area contributed by atoms with E-state index < -0.39 is 0 Å². The van der Waals surface area contributed by atoms with Crippen molar-refractivity contribution in [2.45, 2.75) is 51.0 Å². The van der Waals surface area contributed by atoms with Crippen molar-refractivity contribution in [1.29, 1.82) is 0 Å². The lowest BCUT2D eigenvalue weighted by Crippen LogP contribution is -2.28. The summed E-state index contributed by atoms with van der Waals surface area (Å²) in [5.74, 6) is 0.661. The molecule has 2 aliphatic carbocycles. The van der Waals surface area contributed by atoms with Crippen LogP contribution in [0.4, 0.5) is 5.69 Å². The van der Waals surface area contributed by atoms with Gasteiger partial charge in [-0.3, -0.25) is 4.79 Å². The number of pyridine rings is 1. The van der Waals surface area contributed by atoms with E-state index in [9.17, 15) is 4.79 Å². The van der Waals surface area contributed by atoms with Crippen LogP contribution in [0.1, 0.15) is 43.5 Å². The van der Waals surface area contributed by atoms with Gasteiger partial charge in [-0.05, 0) is 44.6 Å². The summed E-state index contributed by atoms with van der Waals surface area (Å²) in [6, 6.07) is 3.70. The molecule has 1 atom stereocenters. The largest absolute Gasteiger partial charge is 0.474 e. The molecular formula is C18H22N4O2. The highest BCUT2D eigenvalue weighted by Crippen LogP contribution is 2.25. The van der Waals surface area contributed by atoms with Crippen LogP contribution in [0, 0.1) is 5.92 Å². The molecule has 0 saturated heterocycles. The minimum absolute atomic E-state index is 0.0210. The van der Waals surface area contributed by atoms with Gasteiger partial charge in [0.1, 0.15) is 6.10 Å². The fourth-order valence-corrected chi connectivity index (χ4v) is 3.57. The number of nitrogens with zero attached hydrogens (tertiary/aromatic N) is 2. The molecule has 24 heavy (non-hydrogen) atoms. The molecular weight excluding hydrogens is 304 g/mol. The number of aromatic nitrogens is 3. The van der Waals surface area contributed by atoms with E-state index in [1.807, 2.05) is 12.1 Å². The molecule has 2 heterocycles. The molecule has 1 unspecified atom stereocenters. The monoisotopic (exact) mass is 326 g/mol. The zero-order valence-electron chi connectivity index (χ0n) is 13.6. The highest BCUT2D eigenvalue weighted by molar-refractivity contribution is 5.92. The molecule has 2 N–H and O–H groups in total. The molecule has 1 amide bonds. The molecule has 4 rings (SSSR count). The van der Waals surface area contributed by atoms with Crippen LogP contribution in [0.25, 0.3) is 0 Å². The first-order chi connectivity index (χ1) is 11.8. The van der Waals surface area contributed by atoms with Gasteiger partial charge in [0, 0.05) is 24.1 Å². The molecule has 1 saturated carbocycles. The lowest BCUT2D eigenvalue weighted by Gasteiger charge is -2.20. The summed E-state index contributed by atoms with van der Waals surface area (Å²) in [6.45, 7) is 0. The van der Waals surface area contributed by atoms with Crippen LogP contribution in [-0.4, -0.2) is 27.0 Å². The molecule has 2 aromatic rings. The number of carbonyl (C=O) groups excluding carboxylic acids is 1. The third kappa shape index (κ3) is 3.27. The molecule has 0 radical (unpaired) electrons. The quantitative estimate of drug-likeness (QED) is 0.905. The molecule has 2 aliphatic rings. The molecule has 0 spiro atoms. The fourth-order valence-electron chi connectivity index (χ4n) is 3.57. The standard InChI is InChI=1S/C18H22N4O2/c23-18(12-5-7-15-16(9-12)21-11-20-15)22-13-6-8-17(19-10-13)24-14-3-1-2-4-14/h6,8,10-12,14H,1-5,7,9H2,(H,20,21)(H,22,23). The SMILES string of the molecule is O=C(Nc1ccc(OC2CCCC2)nc1)C1CCc2nc[nH]c2C1. The van der Waals surface area contributed by atoms with Crippen LogP contribution in [0.2, 0.25) is 0 Å². The Kier molecular flexibility index (Phi) is 4.19. The number of fused-ring (bicyclic) bond motifs is 1. The average Bonchev–Trinajstić information content (AvgIpc) is 3.27. The Hall–Kier alpha value is -2.37. The van der Waals surface area contributed by atoms with Gasteiger partial charge < -0.3 is 15.0 Å². The van der Waals surface area contributed by atoms with Gasteiger partial charge in [-0.15, -0.1) is 0 Å². The summed E-state index contributed by atoms with van der Waals surface area (Å²) in [4.78, 5) is 24.2. The predicted octanol–water partition coefficient (Wildman–Crippen LogP) is 2.87. The van der Waals surface area contributed by atoms with Crippen LogP contribution < -0.4 is 10.1 Å². The number of anilines is 1. The average molecular weight is 326 g/mol. The fraction of sp³-hybridized carbons (Fsp3) is 0.500. The van der Waals surface area contributed by atoms with E-state index in [4.69, 9.17) is 4.74 Å². The number of H-pyrrole nitrogens is 1. The molecule has 0 aromatic carbocycles. The smallest absolute Gasteiger partial charge is 0.227 e. The lowest BCUT2D eigenvalue weighted by atomic mass is 9.89. The number of nitrogens with one attached hydrogen (secondary N) is 2. The molecule has 0 bridgehead atoms. The summed E-state index contributed by atoms with van der Waals surface area (Å²) >= 11 is 0. The maximum absolute atomic E-state index is 12.5. The van der Waals surface area contributed by atoms with E-state index in [0.717, 1.165) is 43.5 Å². The van der Waals surface area contributed by atoms with Crippen LogP contribution in [0.15, 0.2) is 24.7 Å². The Morgan fingerprint density at radius 2 is 2.08 bits per heavy atom. The number of imidazole rings is 1. The normalized spacial score (nSPS) is 20.6. The van der Waals surface area contributed by atoms with Crippen molar-refractivity contribution in [3.05, 3.63) is 36.0 Å². The Morgan fingerprint density at radius 3 is 2.88 bits per heavy atom. The molecule has 6 nitrogen and oxygen atoms in total. The van der Waals surface area contributed by atoms with Crippen LogP contribution in [-0.2, 0) is 17.6 Å². The summed E-state index contributed by atoms with van der Waals surface area (Å²) in [5.41, 5.74) is 2.89. The summed E-state index contributed by atoms with van der Waals surface area (Å²) in [6.07, 6.45) is 10.8. The van der Waals surface area contributed by atoms with Gasteiger partial charge in [0.25, 0.3) is 0 Å². The van der Waals surface area contributed by atoms with Gasteiger partial charge in [0.05, 0.1) is 23.9 Å². The van der Waals surface area contributed by atoms with Crippen molar-refractivity contribution in [2.75, 3.05) is 5.32 Å². The third-order valence-corrected chi connectivity index (χ3v) is 4.95. The second-order valence-corrected chi connectivity index (χ2v) is 6.67. The first kappa shape index (κ1) is 15.2. The van der Waals surface area contributed by atoms with Crippen LogP contribution in [0.3, 0.4) is 0 Å². The molecule has 126 valence electrons. The highest BCUT2D eigenvalue weighted by atomic mass is 16.5. The number of amides is 1. The lowest BCUT2D eigenvalue weighted by molar-refractivity contribution is -0.120. The number of ether oxygens (including phenoxy) is 1. The highest BCUT2D eigenvalue weighted by Gasteiger charge is 2.26. The maximum Gasteiger partial charge on any atom is 0.227 e. The number of hydrogen-bond donors (Lipinski definition) is 2. The van der Waals surface area contributed by atoms with Crippen molar-refractivity contribution < 1.29 is 9.53 Å². The summed E-state index contributed by atoms with van der Waals surface area (Å²) < 4.78 is 5.85. The minimum atomic E-state index is -0.0210. The van der Waals surface area contributed by atoms with Crippen LogP contribution in [0.5, 0.6) is 5.88 Å². The van der Waals surface area contributed by atoms with Gasteiger partial charge in [-0.25, -0.2) is 9.97 Å². The van der Waals surface area contributed by atoms with Crippen molar-refractivity contribution in [2.24, 2.45) is 5.92 Å². The Morgan fingerprint density at radius 1 is 1.21 bits per heavy atom. The van der Waals surface area contributed by atoms with Crippen LogP contribution >= 0.6 is 0 Å². The maximum atomic E-state index is 12.5. The molecule has 2 aromatic heterocycles. The first-order valence-electron chi connectivity index (χ1n) is 8.72. The summed E-state index contributed by atoms with van der Waals surface area (Å²) in [7, 11) is 0. The topological polar surface area (TPSA) is 79.9 Å². The zero-order chi connectivity index (χ0) is 16.4. The van der Waals surface area contributed by atoms with E-state index in [1.54, 1.807) is 12.5 Å². The van der Waals surface area contributed by atoms with E-state index in [2.05, 4.69) is 20.3 Å².